The highest BCUT2D eigenvalue weighted by Gasteiger charge is 2.51. The number of carbonyl (C=O) groups is 3. The summed E-state index contributed by atoms with van der Waals surface area (Å²) in [7, 11) is 0. The van der Waals surface area contributed by atoms with Crippen LogP contribution in [-0.4, -0.2) is 41.4 Å². The second-order valence-corrected chi connectivity index (χ2v) is 8.79. The Morgan fingerprint density at radius 3 is 2.41 bits per heavy atom. The Morgan fingerprint density at radius 1 is 0.969 bits per heavy atom. The molecule has 4 amide bonds. The number of benzene rings is 2. The van der Waals surface area contributed by atoms with E-state index in [9.17, 15) is 14.4 Å². The van der Waals surface area contributed by atoms with Gasteiger partial charge in [-0.05, 0) is 30.5 Å². The van der Waals surface area contributed by atoms with E-state index in [1.807, 2.05) is 54.6 Å². The minimum absolute atomic E-state index is 0.268. The van der Waals surface area contributed by atoms with Crippen molar-refractivity contribution in [1.82, 2.24) is 10.2 Å². The van der Waals surface area contributed by atoms with Crippen molar-refractivity contribution >= 4 is 23.5 Å². The largest absolute Gasteiger partial charge is 0.489 e. The molecule has 7 heteroatoms. The average Bonchev–Trinajstić information content (AvgIpc) is 2.97. The molecule has 2 aromatic rings. The molecule has 1 spiro atoms. The Hall–Kier alpha value is -3.35. The minimum atomic E-state index is -0.852. The zero-order valence-electron chi connectivity index (χ0n) is 18.0. The van der Waals surface area contributed by atoms with Gasteiger partial charge in [-0.25, -0.2) is 4.79 Å². The zero-order chi connectivity index (χ0) is 22.1. The molecule has 0 aromatic heterocycles. The lowest BCUT2D eigenvalue weighted by atomic mass is 9.90. The van der Waals surface area contributed by atoms with Crippen molar-refractivity contribution < 1.29 is 19.1 Å². The Bertz CT molecular complexity index is 1030. The number of rotatable bonds is 3. The van der Waals surface area contributed by atoms with Crippen LogP contribution in [0, 0.1) is 0 Å². The summed E-state index contributed by atoms with van der Waals surface area (Å²) in [5, 5.41) is 2.92. The smallest absolute Gasteiger partial charge is 0.325 e. The first kappa shape index (κ1) is 20.5. The lowest BCUT2D eigenvalue weighted by Crippen LogP contribution is -2.49. The second-order valence-electron chi connectivity index (χ2n) is 8.79. The van der Waals surface area contributed by atoms with Crippen LogP contribution in [0.1, 0.15) is 50.1 Å². The van der Waals surface area contributed by atoms with Crippen LogP contribution in [-0.2, 0) is 9.59 Å². The first-order chi connectivity index (χ1) is 15.6. The number of ether oxygens (including phenoxy) is 1. The molecule has 1 atom stereocenters. The Labute approximate surface area is 187 Å². The maximum Gasteiger partial charge on any atom is 0.325 e. The van der Waals surface area contributed by atoms with E-state index in [1.54, 1.807) is 4.90 Å². The number of para-hydroxylation sites is 2. The summed E-state index contributed by atoms with van der Waals surface area (Å²) in [5.41, 5.74) is 0.733. The first-order valence-corrected chi connectivity index (χ1v) is 11.3. The molecule has 2 fully saturated rings. The second kappa shape index (κ2) is 8.30. The van der Waals surface area contributed by atoms with Crippen molar-refractivity contribution in [3.05, 3.63) is 60.2 Å². The summed E-state index contributed by atoms with van der Waals surface area (Å²) >= 11 is 0. The highest BCUT2D eigenvalue weighted by atomic mass is 16.5. The van der Waals surface area contributed by atoms with Gasteiger partial charge in [0.25, 0.3) is 5.91 Å². The van der Waals surface area contributed by atoms with Crippen LogP contribution < -0.4 is 15.0 Å². The molecule has 1 saturated heterocycles. The van der Waals surface area contributed by atoms with Gasteiger partial charge in [-0.2, -0.15) is 0 Å². The number of hydrogen-bond donors (Lipinski definition) is 1. The normalized spacial score (nSPS) is 22.2. The summed E-state index contributed by atoms with van der Waals surface area (Å²) in [6.07, 6.45) is 5.20. The van der Waals surface area contributed by atoms with E-state index in [2.05, 4.69) is 5.32 Å². The van der Waals surface area contributed by atoms with Crippen LogP contribution >= 0.6 is 0 Å². The van der Waals surface area contributed by atoms with E-state index in [4.69, 9.17) is 4.74 Å². The summed E-state index contributed by atoms with van der Waals surface area (Å²) in [6, 6.07) is 16.2. The fourth-order valence-corrected chi connectivity index (χ4v) is 5.12. The Morgan fingerprint density at radius 2 is 1.66 bits per heavy atom. The van der Waals surface area contributed by atoms with Crippen LogP contribution in [0.5, 0.6) is 5.75 Å². The average molecular weight is 434 g/mol. The molecule has 2 aliphatic heterocycles. The first-order valence-electron chi connectivity index (χ1n) is 11.3. The van der Waals surface area contributed by atoms with Gasteiger partial charge in [0, 0.05) is 0 Å². The standard InChI is InChI=1S/C25H27N3O4/c29-22(16-27-23(30)25(26-24(27)31)14-8-1-2-9-15-25)28-19-12-6-7-13-21(19)32-17-20(28)18-10-4-3-5-11-18/h3-7,10-13,20H,1-2,8-9,14-17H2,(H,26,31)/t20-/m1/s1. The summed E-state index contributed by atoms with van der Waals surface area (Å²) in [4.78, 5) is 42.5. The maximum absolute atomic E-state index is 13.6. The monoisotopic (exact) mass is 433 g/mol. The van der Waals surface area contributed by atoms with Gasteiger partial charge in [-0.1, -0.05) is 68.1 Å². The molecule has 166 valence electrons. The van der Waals surface area contributed by atoms with Gasteiger partial charge in [0.1, 0.15) is 24.4 Å². The van der Waals surface area contributed by atoms with Crippen molar-refractivity contribution in [2.45, 2.75) is 50.1 Å². The van der Waals surface area contributed by atoms with Gasteiger partial charge < -0.3 is 10.1 Å². The highest BCUT2D eigenvalue weighted by Crippen LogP contribution is 2.40. The minimum Gasteiger partial charge on any atom is -0.489 e. The molecule has 0 radical (unpaired) electrons. The number of amides is 4. The molecule has 2 heterocycles. The van der Waals surface area contributed by atoms with Crippen molar-refractivity contribution in [1.29, 1.82) is 0 Å². The number of nitrogens with zero attached hydrogens (tertiary/aromatic N) is 2. The van der Waals surface area contributed by atoms with Gasteiger partial charge in [-0.3, -0.25) is 19.4 Å². The lowest BCUT2D eigenvalue weighted by molar-refractivity contribution is -0.135. The predicted molar refractivity (Wildman–Crippen MR) is 119 cm³/mol. The van der Waals surface area contributed by atoms with Crippen molar-refractivity contribution in [2.75, 3.05) is 18.1 Å². The number of carbonyl (C=O) groups excluding carboxylic acids is 3. The third-order valence-corrected chi connectivity index (χ3v) is 6.78. The van der Waals surface area contributed by atoms with E-state index in [1.165, 1.54) is 0 Å². The van der Waals surface area contributed by atoms with Gasteiger partial charge in [0.2, 0.25) is 5.91 Å². The molecular formula is C25H27N3O4. The molecular weight excluding hydrogens is 406 g/mol. The quantitative estimate of drug-likeness (QED) is 0.747. The molecule has 32 heavy (non-hydrogen) atoms. The van der Waals surface area contributed by atoms with Crippen LogP contribution in [0.15, 0.2) is 54.6 Å². The predicted octanol–water partition coefficient (Wildman–Crippen LogP) is 3.80. The lowest BCUT2D eigenvalue weighted by Gasteiger charge is -2.37. The Balaban J connectivity index is 1.44. The number of imide groups is 1. The molecule has 1 N–H and O–H groups in total. The molecule has 3 aliphatic rings. The summed E-state index contributed by atoms with van der Waals surface area (Å²) in [5.74, 6) is 0.0461. The topological polar surface area (TPSA) is 79.0 Å². The SMILES string of the molecule is O=C1NC2(CCCCCC2)C(=O)N1CC(=O)N1c2ccccc2OC[C@@H]1c1ccccc1. The van der Waals surface area contributed by atoms with E-state index >= 15 is 0 Å². The molecule has 1 saturated carbocycles. The molecule has 5 rings (SSSR count). The summed E-state index contributed by atoms with van der Waals surface area (Å²) in [6.45, 7) is 0.0148. The van der Waals surface area contributed by atoms with Gasteiger partial charge in [0.05, 0.1) is 11.7 Å². The van der Waals surface area contributed by atoms with Crippen molar-refractivity contribution in [3.63, 3.8) is 0 Å². The summed E-state index contributed by atoms with van der Waals surface area (Å²) < 4.78 is 5.93. The maximum atomic E-state index is 13.6. The number of urea groups is 1. The third kappa shape index (κ3) is 3.51. The van der Waals surface area contributed by atoms with Crippen LogP contribution in [0.4, 0.5) is 10.5 Å². The van der Waals surface area contributed by atoms with Gasteiger partial charge >= 0.3 is 6.03 Å². The molecule has 0 unspecified atom stereocenters. The van der Waals surface area contributed by atoms with E-state index in [0.29, 0.717) is 30.9 Å². The van der Waals surface area contributed by atoms with Crippen LogP contribution in [0.3, 0.4) is 0 Å². The van der Waals surface area contributed by atoms with Gasteiger partial charge in [-0.15, -0.1) is 0 Å². The number of fused-ring (bicyclic) bond motifs is 1. The molecule has 2 aromatic carbocycles. The number of hydrogen-bond acceptors (Lipinski definition) is 4. The third-order valence-electron chi connectivity index (χ3n) is 6.78. The molecule has 7 nitrogen and oxygen atoms in total. The fraction of sp³-hybridized carbons (Fsp3) is 0.400. The van der Waals surface area contributed by atoms with Crippen molar-refractivity contribution in [3.8, 4) is 5.75 Å². The van der Waals surface area contributed by atoms with Crippen LogP contribution in [0.2, 0.25) is 0 Å². The fourth-order valence-electron chi connectivity index (χ4n) is 5.12. The van der Waals surface area contributed by atoms with Crippen molar-refractivity contribution in [2.24, 2.45) is 0 Å². The van der Waals surface area contributed by atoms with E-state index < -0.39 is 11.6 Å². The number of anilines is 1. The van der Waals surface area contributed by atoms with Crippen LogP contribution in [0.25, 0.3) is 0 Å². The molecule has 1 aliphatic carbocycles. The Kier molecular flexibility index (Phi) is 5.33. The van der Waals surface area contributed by atoms with Gasteiger partial charge in [0.15, 0.2) is 0 Å². The zero-order valence-corrected chi connectivity index (χ0v) is 18.0. The highest BCUT2D eigenvalue weighted by molar-refractivity contribution is 6.10. The number of nitrogens with one attached hydrogen (secondary N) is 1. The van der Waals surface area contributed by atoms with E-state index in [0.717, 1.165) is 36.1 Å². The van der Waals surface area contributed by atoms with E-state index in [-0.39, 0.29) is 24.4 Å². The molecule has 0 bridgehead atoms.